The Morgan fingerprint density at radius 1 is 1.35 bits per heavy atom. The molecule has 0 saturated carbocycles. The lowest BCUT2D eigenvalue weighted by Gasteiger charge is -2.34. The number of likely N-dealkylation sites (tertiary alicyclic amines) is 1. The van der Waals surface area contributed by atoms with Gasteiger partial charge in [0.25, 0.3) is 0 Å². The van der Waals surface area contributed by atoms with E-state index >= 15 is 0 Å². The van der Waals surface area contributed by atoms with E-state index < -0.39 is 0 Å². The van der Waals surface area contributed by atoms with Gasteiger partial charge in [-0.15, -0.1) is 0 Å². The zero-order valence-corrected chi connectivity index (χ0v) is 13.4. The van der Waals surface area contributed by atoms with Crippen molar-refractivity contribution in [3.8, 4) is 0 Å². The van der Waals surface area contributed by atoms with Gasteiger partial charge in [-0.3, -0.25) is 5.10 Å². The third-order valence-corrected chi connectivity index (χ3v) is 4.01. The lowest BCUT2D eigenvalue weighted by atomic mass is 10.0. The van der Waals surface area contributed by atoms with Crippen molar-refractivity contribution in [2.24, 2.45) is 5.92 Å². The van der Waals surface area contributed by atoms with Crippen molar-refractivity contribution in [3.05, 3.63) is 17.5 Å². The second kappa shape index (κ2) is 7.23. The standard InChI is InChI=1S/C16H30N4/c1-12(2)11-20-7-5-15(6-8-20)17-13(3)9-16-10-14(4)18-19-16/h10,12-13,15,17H,5-9,11H2,1-4H3,(H,18,19). The van der Waals surface area contributed by atoms with Gasteiger partial charge in [-0.2, -0.15) is 5.10 Å². The Balaban J connectivity index is 1.69. The zero-order valence-electron chi connectivity index (χ0n) is 13.4. The normalized spacial score (nSPS) is 19.6. The van der Waals surface area contributed by atoms with Crippen molar-refractivity contribution < 1.29 is 0 Å². The number of nitrogens with one attached hydrogen (secondary N) is 2. The number of nitrogens with zero attached hydrogens (tertiary/aromatic N) is 2. The van der Waals surface area contributed by atoms with E-state index in [0.29, 0.717) is 12.1 Å². The predicted molar refractivity (Wildman–Crippen MR) is 83.9 cm³/mol. The van der Waals surface area contributed by atoms with Crippen LogP contribution in [0.25, 0.3) is 0 Å². The summed E-state index contributed by atoms with van der Waals surface area (Å²) in [5.74, 6) is 0.779. The molecule has 1 aliphatic rings. The van der Waals surface area contributed by atoms with E-state index in [4.69, 9.17) is 0 Å². The Kier molecular flexibility index (Phi) is 5.61. The molecule has 1 aromatic heterocycles. The zero-order chi connectivity index (χ0) is 14.5. The molecule has 1 aromatic rings. The third-order valence-electron chi connectivity index (χ3n) is 4.01. The molecule has 2 heterocycles. The average Bonchev–Trinajstić information content (AvgIpc) is 2.76. The van der Waals surface area contributed by atoms with E-state index in [1.165, 1.54) is 38.2 Å². The molecule has 1 aliphatic heterocycles. The summed E-state index contributed by atoms with van der Waals surface area (Å²) in [6.45, 7) is 12.7. The lowest BCUT2D eigenvalue weighted by Crippen LogP contribution is -2.46. The second-order valence-electron chi connectivity index (χ2n) is 6.78. The van der Waals surface area contributed by atoms with Crippen molar-refractivity contribution in [1.29, 1.82) is 0 Å². The van der Waals surface area contributed by atoms with Crippen LogP contribution < -0.4 is 5.32 Å². The van der Waals surface area contributed by atoms with Crippen molar-refractivity contribution in [2.45, 2.75) is 59.0 Å². The van der Waals surface area contributed by atoms with Crippen LogP contribution in [-0.2, 0) is 6.42 Å². The van der Waals surface area contributed by atoms with Gasteiger partial charge in [-0.05, 0) is 51.8 Å². The first-order chi connectivity index (χ1) is 9.52. The molecule has 0 radical (unpaired) electrons. The fourth-order valence-corrected chi connectivity index (χ4v) is 3.15. The number of aromatic nitrogens is 2. The smallest absolute Gasteiger partial charge is 0.0640 e. The van der Waals surface area contributed by atoms with E-state index in [-0.39, 0.29) is 0 Å². The summed E-state index contributed by atoms with van der Waals surface area (Å²) in [5, 5.41) is 11.1. The molecule has 0 aromatic carbocycles. The highest BCUT2D eigenvalue weighted by Crippen LogP contribution is 2.13. The molecule has 1 saturated heterocycles. The summed E-state index contributed by atoms with van der Waals surface area (Å²) in [6.07, 6.45) is 3.56. The summed E-state index contributed by atoms with van der Waals surface area (Å²) in [7, 11) is 0. The van der Waals surface area contributed by atoms with Crippen LogP contribution in [-0.4, -0.2) is 46.8 Å². The Morgan fingerprint density at radius 2 is 2.05 bits per heavy atom. The Bertz CT molecular complexity index is 391. The van der Waals surface area contributed by atoms with E-state index in [2.05, 4.69) is 54.2 Å². The van der Waals surface area contributed by atoms with Crippen LogP contribution >= 0.6 is 0 Å². The van der Waals surface area contributed by atoms with Gasteiger partial charge in [-0.1, -0.05) is 13.8 Å². The highest BCUT2D eigenvalue weighted by atomic mass is 15.1. The number of hydrogen-bond donors (Lipinski definition) is 2. The van der Waals surface area contributed by atoms with Crippen molar-refractivity contribution in [2.75, 3.05) is 19.6 Å². The summed E-state index contributed by atoms with van der Waals surface area (Å²) in [5.41, 5.74) is 2.31. The highest BCUT2D eigenvalue weighted by molar-refractivity contribution is 5.08. The predicted octanol–water partition coefficient (Wildman–Crippen LogP) is 2.36. The fraction of sp³-hybridized carbons (Fsp3) is 0.812. The first-order valence-corrected chi connectivity index (χ1v) is 8.02. The van der Waals surface area contributed by atoms with Gasteiger partial charge < -0.3 is 10.2 Å². The number of aromatic amines is 1. The average molecular weight is 278 g/mol. The number of rotatable bonds is 6. The van der Waals surface area contributed by atoms with Crippen LogP contribution in [0.3, 0.4) is 0 Å². The maximum absolute atomic E-state index is 4.32. The SMILES string of the molecule is Cc1cc(CC(C)NC2CCN(CC(C)C)CC2)n[nH]1. The fourth-order valence-electron chi connectivity index (χ4n) is 3.15. The molecule has 2 rings (SSSR count). The Labute approximate surface area is 123 Å². The number of H-pyrrole nitrogens is 1. The van der Waals surface area contributed by atoms with Crippen LogP contribution in [0.2, 0.25) is 0 Å². The van der Waals surface area contributed by atoms with Gasteiger partial charge in [0.1, 0.15) is 0 Å². The molecule has 0 aliphatic carbocycles. The largest absolute Gasteiger partial charge is 0.311 e. The molecule has 20 heavy (non-hydrogen) atoms. The second-order valence-corrected chi connectivity index (χ2v) is 6.78. The molecule has 1 unspecified atom stereocenters. The van der Waals surface area contributed by atoms with Gasteiger partial charge in [0.05, 0.1) is 5.69 Å². The quantitative estimate of drug-likeness (QED) is 0.839. The molecule has 0 bridgehead atoms. The van der Waals surface area contributed by atoms with Crippen LogP contribution in [0.5, 0.6) is 0 Å². The molecule has 4 heteroatoms. The van der Waals surface area contributed by atoms with Crippen molar-refractivity contribution in [3.63, 3.8) is 0 Å². The van der Waals surface area contributed by atoms with Gasteiger partial charge >= 0.3 is 0 Å². The molecular weight excluding hydrogens is 248 g/mol. The van der Waals surface area contributed by atoms with Gasteiger partial charge in [-0.25, -0.2) is 0 Å². The minimum absolute atomic E-state index is 0.499. The van der Waals surface area contributed by atoms with Crippen LogP contribution in [0.4, 0.5) is 0 Å². The molecule has 0 amide bonds. The summed E-state index contributed by atoms with van der Waals surface area (Å²) in [6, 6.07) is 3.32. The maximum Gasteiger partial charge on any atom is 0.0640 e. The molecule has 0 spiro atoms. The minimum Gasteiger partial charge on any atom is -0.311 e. The summed E-state index contributed by atoms with van der Waals surface area (Å²) in [4.78, 5) is 2.60. The number of hydrogen-bond acceptors (Lipinski definition) is 3. The van der Waals surface area contributed by atoms with E-state index in [0.717, 1.165) is 18.0 Å². The monoisotopic (exact) mass is 278 g/mol. The van der Waals surface area contributed by atoms with Crippen LogP contribution in [0, 0.1) is 12.8 Å². The van der Waals surface area contributed by atoms with Crippen LogP contribution in [0.15, 0.2) is 6.07 Å². The Morgan fingerprint density at radius 3 is 2.60 bits per heavy atom. The molecule has 1 atom stereocenters. The molecule has 4 nitrogen and oxygen atoms in total. The number of aryl methyl sites for hydroxylation is 1. The van der Waals surface area contributed by atoms with Crippen molar-refractivity contribution >= 4 is 0 Å². The molecular formula is C16H30N4. The first-order valence-electron chi connectivity index (χ1n) is 8.02. The molecule has 2 N–H and O–H groups in total. The highest BCUT2D eigenvalue weighted by Gasteiger charge is 2.20. The minimum atomic E-state index is 0.499. The Hall–Kier alpha value is -0.870. The van der Waals surface area contributed by atoms with Gasteiger partial charge in [0.2, 0.25) is 0 Å². The van der Waals surface area contributed by atoms with E-state index in [1.807, 2.05) is 0 Å². The summed E-state index contributed by atoms with van der Waals surface area (Å²) >= 11 is 0. The van der Waals surface area contributed by atoms with Gasteiger partial charge in [0, 0.05) is 30.7 Å². The van der Waals surface area contributed by atoms with Gasteiger partial charge in [0.15, 0.2) is 0 Å². The summed E-state index contributed by atoms with van der Waals surface area (Å²) < 4.78 is 0. The first kappa shape index (κ1) is 15.5. The van der Waals surface area contributed by atoms with Crippen molar-refractivity contribution in [1.82, 2.24) is 20.4 Å². The molecule has 114 valence electrons. The molecule has 1 fully saturated rings. The maximum atomic E-state index is 4.32. The van der Waals surface area contributed by atoms with E-state index in [1.54, 1.807) is 0 Å². The number of piperidine rings is 1. The lowest BCUT2D eigenvalue weighted by molar-refractivity contribution is 0.175. The van der Waals surface area contributed by atoms with Crippen LogP contribution in [0.1, 0.15) is 45.0 Å². The third kappa shape index (κ3) is 4.91. The topological polar surface area (TPSA) is 44.0 Å². The van der Waals surface area contributed by atoms with E-state index in [9.17, 15) is 0 Å².